The third-order valence-corrected chi connectivity index (χ3v) is 6.80. The van der Waals surface area contributed by atoms with Gasteiger partial charge in [0.1, 0.15) is 11.5 Å². The Labute approximate surface area is 196 Å². The van der Waals surface area contributed by atoms with Crippen molar-refractivity contribution in [3.63, 3.8) is 0 Å². The number of imidazole rings is 1. The first-order valence-electron chi connectivity index (χ1n) is 12.2. The monoisotopic (exact) mass is 451 g/mol. The van der Waals surface area contributed by atoms with E-state index < -0.39 is 11.5 Å². The Balaban J connectivity index is 1.66. The summed E-state index contributed by atoms with van der Waals surface area (Å²) in [5.74, 6) is 0.632. The summed E-state index contributed by atoms with van der Waals surface area (Å²) in [6, 6.07) is 8.36. The topological polar surface area (TPSA) is 100 Å². The van der Waals surface area contributed by atoms with Crippen molar-refractivity contribution in [3.05, 3.63) is 53.2 Å². The minimum absolute atomic E-state index is 0.177. The molecule has 33 heavy (non-hydrogen) atoms. The minimum atomic E-state index is -0.693. The van der Waals surface area contributed by atoms with E-state index in [4.69, 9.17) is 10.7 Å². The quantitative estimate of drug-likeness (QED) is 0.434. The van der Waals surface area contributed by atoms with Crippen molar-refractivity contribution in [2.24, 2.45) is 5.73 Å². The maximum absolute atomic E-state index is 12.5. The molecule has 3 heterocycles. The maximum atomic E-state index is 12.5. The van der Waals surface area contributed by atoms with E-state index >= 15 is 0 Å². The van der Waals surface area contributed by atoms with Gasteiger partial charge >= 0.3 is 0 Å². The molecule has 178 valence electrons. The van der Waals surface area contributed by atoms with E-state index in [0.29, 0.717) is 18.7 Å². The van der Waals surface area contributed by atoms with Gasteiger partial charge in [-0.05, 0) is 44.7 Å². The van der Waals surface area contributed by atoms with Crippen molar-refractivity contribution in [1.82, 2.24) is 19.4 Å². The number of unbranched alkanes of at least 4 members (excludes halogenated alkanes) is 1. The average Bonchev–Trinajstić information content (AvgIpc) is 3.36. The highest BCUT2D eigenvalue weighted by molar-refractivity contribution is 5.92. The van der Waals surface area contributed by atoms with Gasteiger partial charge < -0.3 is 20.4 Å². The summed E-state index contributed by atoms with van der Waals surface area (Å²) in [6.07, 6.45) is 6.81. The lowest BCUT2D eigenvalue weighted by molar-refractivity contribution is 0.0533. The van der Waals surface area contributed by atoms with Crippen LogP contribution in [0.1, 0.15) is 79.9 Å². The largest absolute Gasteiger partial charge is 0.390 e. The fourth-order valence-electron chi connectivity index (χ4n) is 4.97. The number of nitrogens with zero attached hydrogens (tertiary/aromatic N) is 3. The zero-order valence-electron chi connectivity index (χ0n) is 20.1. The molecule has 0 saturated carbocycles. The molecule has 1 atom stereocenters. The number of hydrogen-bond acceptors (Lipinski definition) is 4. The number of carbonyl (C=O) groups is 1. The molecule has 7 nitrogen and oxygen atoms in total. The Hall–Kier alpha value is -2.64. The van der Waals surface area contributed by atoms with Crippen LogP contribution in [0.4, 0.5) is 0 Å². The number of nitrogens with two attached hydrogens (primary N) is 1. The zero-order chi connectivity index (χ0) is 23.6. The Kier molecular flexibility index (Phi) is 6.91. The first-order valence-corrected chi connectivity index (χ1v) is 12.2. The van der Waals surface area contributed by atoms with E-state index in [0.717, 1.165) is 62.4 Å². The predicted molar refractivity (Wildman–Crippen MR) is 131 cm³/mol. The lowest BCUT2D eigenvalue weighted by Crippen LogP contribution is -2.37. The van der Waals surface area contributed by atoms with Gasteiger partial charge in [-0.3, -0.25) is 9.69 Å². The number of hydrogen-bond donors (Lipinski definition) is 3. The Bertz CT molecular complexity index is 1110. The molecule has 0 spiro atoms. The van der Waals surface area contributed by atoms with Gasteiger partial charge in [-0.2, -0.15) is 0 Å². The van der Waals surface area contributed by atoms with Gasteiger partial charge in [0, 0.05) is 42.7 Å². The van der Waals surface area contributed by atoms with E-state index in [1.807, 2.05) is 19.9 Å². The fourth-order valence-corrected chi connectivity index (χ4v) is 4.97. The molecule has 1 aliphatic rings. The van der Waals surface area contributed by atoms with Crippen molar-refractivity contribution in [1.29, 1.82) is 0 Å². The number of aromatic amines is 1. The van der Waals surface area contributed by atoms with Crippen molar-refractivity contribution < 1.29 is 9.90 Å². The summed E-state index contributed by atoms with van der Waals surface area (Å²) >= 11 is 0. The van der Waals surface area contributed by atoms with E-state index in [1.54, 1.807) is 0 Å². The third-order valence-electron chi connectivity index (χ3n) is 6.80. The van der Waals surface area contributed by atoms with Crippen LogP contribution in [0.15, 0.2) is 30.5 Å². The van der Waals surface area contributed by atoms with Crippen LogP contribution < -0.4 is 5.73 Å². The number of rotatable bonds is 10. The highest BCUT2D eigenvalue weighted by atomic mass is 16.3. The molecule has 1 unspecified atom stereocenters. The lowest BCUT2D eigenvalue weighted by atomic mass is 9.89. The minimum Gasteiger partial charge on any atom is -0.390 e. The highest BCUT2D eigenvalue weighted by Gasteiger charge is 2.31. The van der Waals surface area contributed by atoms with E-state index in [9.17, 15) is 9.90 Å². The van der Waals surface area contributed by atoms with Gasteiger partial charge in [0.15, 0.2) is 0 Å². The molecular weight excluding hydrogens is 414 g/mol. The van der Waals surface area contributed by atoms with Crippen molar-refractivity contribution >= 4 is 16.8 Å². The summed E-state index contributed by atoms with van der Waals surface area (Å²) in [7, 11) is 0. The van der Waals surface area contributed by atoms with Gasteiger partial charge in [0.05, 0.1) is 17.8 Å². The van der Waals surface area contributed by atoms with E-state index in [2.05, 4.69) is 45.8 Å². The number of fused-ring (bicyclic) bond motifs is 2. The highest BCUT2D eigenvalue weighted by Crippen LogP contribution is 2.33. The number of H-pyrrole nitrogens is 1. The maximum Gasteiger partial charge on any atom is 0.269 e. The third kappa shape index (κ3) is 5.31. The van der Waals surface area contributed by atoms with Crippen LogP contribution in [0.25, 0.3) is 10.9 Å². The van der Waals surface area contributed by atoms with Gasteiger partial charge in [0.25, 0.3) is 5.91 Å². The van der Waals surface area contributed by atoms with Crippen LogP contribution in [0.5, 0.6) is 0 Å². The standard InChI is InChI=1S/C26H37N5O2/c1-4-5-8-18(15-19-16-28-21-10-7-6-9-20(19)21)24-23(25(27)32)29-22-17-30(13-14-31(22)24)12-11-26(2,3)33/h6-7,9-10,16,18,28,33H,4-5,8,11-15,17H2,1-3H3,(H2,27,32). The number of carbonyl (C=O) groups excluding carboxylic acids is 1. The second kappa shape index (κ2) is 9.69. The van der Waals surface area contributed by atoms with Gasteiger partial charge in [-0.1, -0.05) is 38.0 Å². The Morgan fingerprint density at radius 2 is 2.09 bits per heavy atom. The molecule has 1 amide bonds. The van der Waals surface area contributed by atoms with E-state index in [-0.39, 0.29) is 5.92 Å². The number of nitrogens with one attached hydrogen (secondary N) is 1. The molecule has 1 aliphatic heterocycles. The van der Waals surface area contributed by atoms with Crippen molar-refractivity contribution in [2.75, 3.05) is 13.1 Å². The second-order valence-corrected chi connectivity index (χ2v) is 10.0. The molecule has 1 aromatic carbocycles. The van der Waals surface area contributed by atoms with Crippen LogP contribution in [0, 0.1) is 0 Å². The Morgan fingerprint density at radius 3 is 2.82 bits per heavy atom. The van der Waals surface area contributed by atoms with Crippen LogP contribution in [-0.4, -0.2) is 49.1 Å². The number of amides is 1. The van der Waals surface area contributed by atoms with Gasteiger partial charge in [-0.15, -0.1) is 0 Å². The fraction of sp³-hybridized carbons (Fsp3) is 0.538. The Morgan fingerprint density at radius 1 is 1.30 bits per heavy atom. The summed E-state index contributed by atoms with van der Waals surface area (Å²) in [6.45, 7) is 9.00. The number of aromatic nitrogens is 3. The summed E-state index contributed by atoms with van der Waals surface area (Å²) in [5.41, 5.74) is 8.97. The number of para-hydroxylation sites is 1. The molecule has 0 fully saturated rings. The summed E-state index contributed by atoms with van der Waals surface area (Å²) < 4.78 is 2.25. The molecule has 4 N–H and O–H groups in total. The summed E-state index contributed by atoms with van der Waals surface area (Å²) in [5, 5.41) is 11.3. The second-order valence-electron chi connectivity index (χ2n) is 10.0. The molecule has 0 radical (unpaired) electrons. The molecule has 3 aromatic rings. The van der Waals surface area contributed by atoms with Crippen LogP contribution in [-0.2, 0) is 19.5 Å². The van der Waals surface area contributed by atoms with Gasteiger partial charge in [-0.25, -0.2) is 4.98 Å². The average molecular weight is 452 g/mol. The molecule has 0 aliphatic carbocycles. The van der Waals surface area contributed by atoms with Crippen molar-refractivity contribution in [2.45, 2.75) is 77.5 Å². The first kappa shape index (κ1) is 23.5. The lowest BCUT2D eigenvalue weighted by Gasteiger charge is -2.31. The molecular formula is C26H37N5O2. The number of primary amides is 1. The van der Waals surface area contributed by atoms with Crippen LogP contribution >= 0.6 is 0 Å². The molecule has 2 aromatic heterocycles. The normalized spacial score (nSPS) is 15.6. The molecule has 7 heteroatoms. The smallest absolute Gasteiger partial charge is 0.269 e. The van der Waals surface area contributed by atoms with E-state index in [1.165, 1.54) is 10.9 Å². The molecule has 4 rings (SSSR count). The summed E-state index contributed by atoms with van der Waals surface area (Å²) in [4.78, 5) is 22.9. The molecule has 0 bridgehead atoms. The first-order chi connectivity index (χ1) is 15.8. The number of aliphatic hydroxyl groups is 1. The van der Waals surface area contributed by atoms with Gasteiger partial charge in [0.2, 0.25) is 0 Å². The predicted octanol–water partition coefficient (Wildman–Crippen LogP) is 3.96. The SMILES string of the molecule is CCCCC(Cc1c[nH]c2ccccc12)c1c(C(N)=O)nc2n1CCN(CCC(C)(C)O)C2. The zero-order valence-corrected chi connectivity index (χ0v) is 20.1. The number of benzene rings is 1. The van der Waals surface area contributed by atoms with Crippen LogP contribution in [0.2, 0.25) is 0 Å². The van der Waals surface area contributed by atoms with Crippen LogP contribution in [0.3, 0.4) is 0 Å². The van der Waals surface area contributed by atoms with Crippen molar-refractivity contribution in [3.8, 4) is 0 Å². The molecule has 0 saturated heterocycles.